The fraction of sp³-hybridized carbons (Fsp3) is 0.905. The molecule has 320 valence electrons. The van der Waals surface area contributed by atoms with Crippen LogP contribution in [0, 0.1) is 44.3 Å². The van der Waals surface area contributed by atoms with Crippen LogP contribution in [0.2, 0.25) is 0 Å². The minimum absolute atomic E-state index is 0.0124. The Labute approximate surface area is 330 Å². The lowest BCUT2D eigenvalue weighted by atomic mass is 9.35. The molecule has 56 heavy (non-hydrogen) atoms. The van der Waals surface area contributed by atoms with Gasteiger partial charge in [-0.05, 0) is 91.9 Å². The molecule has 0 aromatic heterocycles. The number of aliphatic hydroxyl groups excluding tert-OH is 10. The van der Waals surface area contributed by atoms with E-state index < -0.39 is 96.5 Å². The van der Waals surface area contributed by atoms with Gasteiger partial charge in [0.25, 0.3) is 0 Å². The molecule has 0 aromatic carbocycles. The van der Waals surface area contributed by atoms with Gasteiger partial charge in [-0.3, -0.25) is 0 Å². The Kier molecular flexibility index (Phi) is 11.4. The molecule has 20 atom stereocenters. The van der Waals surface area contributed by atoms with E-state index in [1.54, 1.807) is 6.92 Å². The molecule has 10 N–H and O–H groups in total. The molecule has 14 nitrogen and oxygen atoms in total. The quantitative estimate of drug-likeness (QED) is 0.152. The molecule has 5 aliphatic carbocycles. The minimum atomic E-state index is -1.74. The number of hydrogen-bond acceptors (Lipinski definition) is 14. The van der Waals surface area contributed by atoms with Crippen LogP contribution in [0.5, 0.6) is 0 Å². The highest BCUT2D eigenvalue weighted by molar-refractivity contribution is 5.47. The lowest BCUT2D eigenvalue weighted by Crippen LogP contribution is -2.67. The first-order valence-corrected chi connectivity index (χ1v) is 20.8. The Bertz CT molecular complexity index is 1520. The van der Waals surface area contributed by atoms with Crippen molar-refractivity contribution >= 4 is 0 Å². The molecule has 0 aromatic rings. The molecule has 7 rings (SSSR count). The maximum atomic E-state index is 12.0. The molecule has 2 saturated heterocycles. The molecule has 0 unspecified atom stereocenters. The van der Waals surface area contributed by atoms with Gasteiger partial charge in [-0.15, -0.1) is 0 Å². The van der Waals surface area contributed by atoms with Crippen molar-refractivity contribution in [1.82, 2.24) is 0 Å². The fourth-order valence-electron chi connectivity index (χ4n) is 13.1. The van der Waals surface area contributed by atoms with Crippen LogP contribution >= 0.6 is 0 Å². The first kappa shape index (κ1) is 43.0. The summed E-state index contributed by atoms with van der Waals surface area (Å²) in [7, 11) is 0. The molecule has 2 heterocycles. The average molecular weight is 797 g/mol. The molecule has 14 heteroatoms. The highest BCUT2D eigenvalue weighted by Crippen LogP contribution is 2.74. The van der Waals surface area contributed by atoms with Crippen LogP contribution < -0.4 is 0 Å². The summed E-state index contributed by atoms with van der Waals surface area (Å²) in [5, 5.41) is 108. The Balaban J connectivity index is 1.15. The summed E-state index contributed by atoms with van der Waals surface area (Å²) in [6.45, 7) is 11.7. The highest BCUT2D eigenvalue weighted by atomic mass is 16.7. The third-order valence-corrected chi connectivity index (χ3v) is 17.1. The predicted molar refractivity (Wildman–Crippen MR) is 200 cm³/mol. The first-order valence-electron chi connectivity index (χ1n) is 20.8. The summed E-state index contributed by atoms with van der Waals surface area (Å²) in [6.07, 6.45) is -5.79. The highest BCUT2D eigenvalue weighted by Gasteiger charge is 2.69. The molecular formula is C42H68O14. The van der Waals surface area contributed by atoms with E-state index in [9.17, 15) is 51.1 Å². The third kappa shape index (κ3) is 6.10. The fourth-order valence-corrected chi connectivity index (χ4v) is 13.1. The Morgan fingerprint density at radius 2 is 1.43 bits per heavy atom. The standard InChI is InChI=1S/C42H68O14/c1-21-29(48)34(56-35-32(51)31(50)30(49)24(17-43)54-35)33(52)36(53-21)55-28-10-11-38(3)25(39(28,4)19-45)9-12-40(5)26(38)8-7-22-23-15-37(2,18-44)13-14-42(23,20-46)27(47)16-41(22,40)6/h7-8,21,24-36,43-52H,9-20H2,1-6H3/t21-,24-,25+,26-,27+,28-,29+,30-,31+,32-,33-,34+,35+,36+,37-,38-,39-,40-,41+,42+/m0/s1. The van der Waals surface area contributed by atoms with E-state index in [0.29, 0.717) is 25.7 Å². The van der Waals surface area contributed by atoms with Crippen molar-refractivity contribution in [2.24, 2.45) is 44.3 Å². The van der Waals surface area contributed by atoms with Gasteiger partial charge in [-0.25, -0.2) is 0 Å². The summed E-state index contributed by atoms with van der Waals surface area (Å²) in [5.41, 5.74) is -0.498. The normalized spacial score (nSPS) is 55.9. The van der Waals surface area contributed by atoms with E-state index in [1.807, 2.05) is 6.92 Å². The predicted octanol–water partition coefficient (Wildman–Crippen LogP) is 0.653. The molecule has 3 saturated carbocycles. The van der Waals surface area contributed by atoms with Gasteiger partial charge in [0.05, 0.1) is 38.1 Å². The number of fused-ring (bicyclic) bond motifs is 6. The van der Waals surface area contributed by atoms with Gasteiger partial charge in [0.2, 0.25) is 0 Å². The zero-order chi connectivity index (χ0) is 41.0. The Morgan fingerprint density at radius 1 is 0.732 bits per heavy atom. The second-order valence-corrected chi connectivity index (χ2v) is 20.1. The molecule has 0 spiro atoms. The van der Waals surface area contributed by atoms with E-state index in [-0.39, 0.29) is 47.9 Å². The van der Waals surface area contributed by atoms with Crippen LogP contribution in [0.4, 0.5) is 0 Å². The lowest BCUT2D eigenvalue weighted by molar-refractivity contribution is -0.367. The summed E-state index contributed by atoms with van der Waals surface area (Å²) < 4.78 is 24.0. The molecule has 7 aliphatic rings. The number of hydrogen-bond donors (Lipinski definition) is 10. The Morgan fingerprint density at radius 3 is 2.07 bits per heavy atom. The van der Waals surface area contributed by atoms with Crippen LogP contribution in [0.1, 0.15) is 92.9 Å². The van der Waals surface area contributed by atoms with Crippen LogP contribution in [-0.2, 0) is 18.9 Å². The maximum Gasteiger partial charge on any atom is 0.187 e. The summed E-state index contributed by atoms with van der Waals surface area (Å²) in [5.74, 6) is 0.0705. The average Bonchev–Trinajstić information content (AvgIpc) is 3.17. The minimum Gasteiger partial charge on any atom is -0.396 e. The first-order chi connectivity index (χ1) is 26.2. The van der Waals surface area contributed by atoms with E-state index >= 15 is 0 Å². The van der Waals surface area contributed by atoms with Crippen molar-refractivity contribution in [3.63, 3.8) is 0 Å². The van der Waals surface area contributed by atoms with Crippen LogP contribution in [0.15, 0.2) is 23.3 Å². The number of aliphatic hydroxyl groups is 10. The third-order valence-electron chi connectivity index (χ3n) is 17.1. The number of rotatable bonds is 8. The van der Waals surface area contributed by atoms with Crippen molar-refractivity contribution in [1.29, 1.82) is 0 Å². The molecular weight excluding hydrogens is 728 g/mol. The van der Waals surface area contributed by atoms with Gasteiger partial charge in [0.1, 0.15) is 42.7 Å². The molecule has 0 radical (unpaired) electrons. The number of allylic oxidation sites excluding steroid dienone is 3. The van der Waals surface area contributed by atoms with E-state index in [4.69, 9.17) is 18.9 Å². The van der Waals surface area contributed by atoms with E-state index in [1.165, 1.54) is 5.57 Å². The van der Waals surface area contributed by atoms with Crippen molar-refractivity contribution in [3.05, 3.63) is 23.3 Å². The molecule has 5 fully saturated rings. The van der Waals surface area contributed by atoms with Gasteiger partial charge < -0.3 is 70.0 Å². The second kappa shape index (κ2) is 14.8. The van der Waals surface area contributed by atoms with Crippen LogP contribution in [0.25, 0.3) is 0 Å². The van der Waals surface area contributed by atoms with Crippen LogP contribution in [0.3, 0.4) is 0 Å². The Hall–Kier alpha value is -1.08. The van der Waals surface area contributed by atoms with Crippen molar-refractivity contribution < 1.29 is 70.0 Å². The zero-order valence-electron chi connectivity index (χ0n) is 33.8. The van der Waals surface area contributed by atoms with Crippen molar-refractivity contribution in [2.75, 3.05) is 26.4 Å². The zero-order valence-corrected chi connectivity index (χ0v) is 33.8. The van der Waals surface area contributed by atoms with Crippen molar-refractivity contribution in [3.8, 4) is 0 Å². The van der Waals surface area contributed by atoms with Gasteiger partial charge in [0.15, 0.2) is 12.6 Å². The SMILES string of the molecule is C[C@@H]1O[C@H](O[C@H]2CC[C@@]3(C)[C@@H](CC[C@@]4(C)[C@H]3C=CC3=C5C[C@@](C)(CO)CC[C@]5(CO)[C@H](O)C[C@]34C)[C@]2(C)CO)[C@@H](O)[C@H](O[C@H]2O[C@@H](CO)[C@H](O)[C@@H](O)[C@@H]2O)[C@@H]1O. The monoisotopic (exact) mass is 796 g/mol. The summed E-state index contributed by atoms with van der Waals surface area (Å²) in [6, 6.07) is 0. The largest absolute Gasteiger partial charge is 0.396 e. The van der Waals surface area contributed by atoms with Gasteiger partial charge in [-0.1, -0.05) is 52.3 Å². The summed E-state index contributed by atoms with van der Waals surface area (Å²) in [4.78, 5) is 0. The van der Waals surface area contributed by atoms with E-state index in [2.05, 4.69) is 39.8 Å². The summed E-state index contributed by atoms with van der Waals surface area (Å²) >= 11 is 0. The molecule has 2 aliphatic heterocycles. The number of ether oxygens (including phenoxy) is 4. The maximum absolute atomic E-state index is 12.0. The smallest absolute Gasteiger partial charge is 0.187 e. The van der Waals surface area contributed by atoms with Gasteiger partial charge in [-0.2, -0.15) is 0 Å². The van der Waals surface area contributed by atoms with Crippen molar-refractivity contribution in [2.45, 2.75) is 167 Å². The van der Waals surface area contributed by atoms with Gasteiger partial charge >= 0.3 is 0 Å². The molecule has 0 amide bonds. The van der Waals surface area contributed by atoms with Gasteiger partial charge in [0, 0.05) is 22.9 Å². The molecule has 0 bridgehead atoms. The topological polar surface area (TPSA) is 239 Å². The second-order valence-electron chi connectivity index (χ2n) is 20.1. The van der Waals surface area contributed by atoms with E-state index in [0.717, 1.165) is 31.3 Å². The lowest BCUT2D eigenvalue weighted by Gasteiger charge is -2.70. The van der Waals surface area contributed by atoms with Crippen LogP contribution in [-0.4, -0.2) is 151 Å².